The SMILES string of the molecule is O=C(CN1CCN(C(=O)c2csc(Nc3cccc(C(F)(F)F)c3)n2)CC1)Nc1ccc(F)cc1. The third-order valence-corrected chi connectivity index (χ3v) is 6.08. The highest BCUT2D eigenvalue weighted by Gasteiger charge is 2.30. The predicted octanol–water partition coefficient (Wildman–Crippen LogP) is 4.44. The Hall–Kier alpha value is -3.51. The number of nitrogens with one attached hydrogen (secondary N) is 2. The van der Waals surface area contributed by atoms with Gasteiger partial charge in [0.05, 0.1) is 12.1 Å². The molecular formula is C23H21F4N5O2S. The van der Waals surface area contributed by atoms with Crippen LogP contribution in [0.2, 0.25) is 0 Å². The van der Waals surface area contributed by atoms with Crippen LogP contribution in [0.15, 0.2) is 53.9 Å². The highest BCUT2D eigenvalue weighted by atomic mass is 32.1. The molecule has 184 valence electrons. The molecule has 0 atom stereocenters. The molecule has 1 aliphatic rings. The first kappa shape index (κ1) is 24.6. The maximum Gasteiger partial charge on any atom is 0.416 e. The van der Waals surface area contributed by atoms with Gasteiger partial charge in [0, 0.05) is 42.9 Å². The summed E-state index contributed by atoms with van der Waals surface area (Å²) in [6.45, 7) is 1.92. The first-order chi connectivity index (χ1) is 16.7. The van der Waals surface area contributed by atoms with Crippen molar-refractivity contribution in [1.29, 1.82) is 0 Å². The predicted molar refractivity (Wildman–Crippen MR) is 124 cm³/mol. The zero-order valence-corrected chi connectivity index (χ0v) is 19.1. The molecule has 4 rings (SSSR count). The second-order valence-corrected chi connectivity index (χ2v) is 8.72. The van der Waals surface area contributed by atoms with Gasteiger partial charge in [-0.15, -0.1) is 11.3 Å². The summed E-state index contributed by atoms with van der Waals surface area (Å²) in [6.07, 6.45) is -4.45. The van der Waals surface area contributed by atoms with E-state index in [2.05, 4.69) is 15.6 Å². The van der Waals surface area contributed by atoms with E-state index in [9.17, 15) is 27.2 Å². The maximum absolute atomic E-state index is 13.0. The van der Waals surface area contributed by atoms with Crippen LogP contribution in [-0.2, 0) is 11.0 Å². The minimum absolute atomic E-state index is 0.140. The summed E-state index contributed by atoms with van der Waals surface area (Å²) in [4.78, 5) is 32.8. The fraction of sp³-hybridized carbons (Fsp3) is 0.261. The van der Waals surface area contributed by atoms with Gasteiger partial charge in [-0.2, -0.15) is 13.2 Å². The van der Waals surface area contributed by atoms with E-state index >= 15 is 0 Å². The second kappa shape index (κ2) is 10.4. The van der Waals surface area contributed by atoms with Gasteiger partial charge in [-0.25, -0.2) is 9.37 Å². The Morgan fingerprint density at radius 3 is 2.40 bits per heavy atom. The van der Waals surface area contributed by atoms with Crippen molar-refractivity contribution in [2.24, 2.45) is 0 Å². The summed E-state index contributed by atoms with van der Waals surface area (Å²) < 4.78 is 51.7. The van der Waals surface area contributed by atoms with Gasteiger partial charge in [0.25, 0.3) is 5.91 Å². The Morgan fingerprint density at radius 2 is 1.71 bits per heavy atom. The summed E-state index contributed by atoms with van der Waals surface area (Å²) in [7, 11) is 0. The Labute approximate surface area is 202 Å². The fourth-order valence-corrected chi connectivity index (χ4v) is 4.24. The van der Waals surface area contributed by atoms with Crippen LogP contribution in [0.25, 0.3) is 0 Å². The molecule has 1 aromatic heterocycles. The topological polar surface area (TPSA) is 77.6 Å². The average molecular weight is 508 g/mol. The lowest BCUT2D eigenvalue weighted by atomic mass is 10.2. The largest absolute Gasteiger partial charge is 0.416 e. The molecule has 0 radical (unpaired) electrons. The van der Waals surface area contributed by atoms with Crippen LogP contribution in [0.3, 0.4) is 0 Å². The number of hydrogen-bond donors (Lipinski definition) is 2. The zero-order valence-electron chi connectivity index (χ0n) is 18.3. The molecule has 35 heavy (non-hydrogen) atoms. The number of rotatable bonds is 6. The van der Waals surface area contributed by atoms with Crippen molar-refractivity contribution in [1.82, 2.24) is 14.8 Å². The molecule has 7 nitrogen and oxygen atoms in total. The standard InChI is InChI=1S/C23H21F4N5O2S/c24-16-4-6-17(7-5-16)28-20(33)13-31-8-10-32(11-9-31)21(34)19-14-35-22(30-19)29-18-3-1-2-15(12-18)23(25,26)27/h1-7,12,14H,8-11,13H2,(H,28,33)(H,29,30). The summed E-state index contributed by atoms with van der Waals surface area (Å²) >= 11 is 1.12. The number of carbonyl (C=O) groups excluding carboxylic acids is 2. The number of carbonyl (C=O) groups is 2. The first-order valence-electron chi connectivity index (χ1n) is 10.6. The third-order valence-electron chi connectivity index (χ3n) is 5.32. The van der Waals surface area contributed by atoms with Gasteiger partial charge in [-0.3, -0.25) is 14.5 Å². The molecule has 2 N–H and O–H groups in total. The highest BCUT2D eigenvalue weighted by Crippen LogP contribution is 2.32. The van der Waals surface area contributed by atoms with Crippen LogP contribution in [0.1, 0.15) is 16.1 Å². The number of anilines is 3. The van der Waals surface area contributed by atoms with Crippen molar-refractivity contribution in [2.75, 3.05) is 43.4 Å². The van der Waals surface area contributed by atoms with E-state index in [0.717, 1.165) is 23.5 Å². The van der Waals surface area contributed by atoms with E-state index in [4.69, 9.17) is 0 Å². The van der Waals surface area contributed by atoms with Crippen LogP contribution < -0.4 is 10.6 Å². The lowest BCUT2D eigenvalue weighted by molar-refractivity contribution is -0.137. The van der Waals surface area contributed by atoms with Crippen molar-refractivity contribution >= 4 is 39.7 Å². The zero-order chi connectivity index (χ0) is 25.0. The van der Waals surface area contributed by atoms with Gasteiger partial charge in [0.15, 0.2) is 5.13 Å². The van der Waals surface area contributed by atoms with Gasteiger partial charge in [0.1, 0.15) is 11.5 Å². The number of piperazine rings is 1. The molecule has 0 bridgehead atoms. The van der Waals surface area contributed by atoms with Crippen molar-refractivity contribution < 1.29 is 27.2 Å². The Kier molecular flexibility index (Phi) is 7.31. The maximum atomic E-state index is 13.0. The summed E-state index contributed by atoms with van der Waals surface area (Å²) in [6, 6.07) is 10.2. The third kappa shape index (κ3) is 6.55. The molecule has 0 aliphatic carbocycles. The van der Waals surface area contributed by atoms with Gasteiger partial charge < -0.3 is 15.5 Å². The number of halogens is 4. The minimum Gasteiger partial charge on any atom is -0.335 e. The van der Waals surface area contributed by atoms with Crippen LogP contribution in [0, 0.1) is 5.82 Å². The number of benzene rings is 2. The first-order valence-corrected chi connectivity index (χ1v) is 11.5. The number of thiazole rings is 1. The summed E-state index contributed by atoms with van der Waals surface area (Å²) in [5, 5.41) is 7.38. The molecule has 2 heterocycles. The summed E-state index contributed by atoms with van der Waals surface area (Å²) in [5.41, 5.74) is 0.149. The van der Waals surface area contributed by atoms with E-state index in [-0.39, 0.29) is 35.6 Å². The number of amides is 2. The Balaban J connectivity index is 1.27. The average Bonchev–Trinajstić information content (AvgIpc) is 3.28. The van der Waals surface area contributed by atoms with E-state index in [1.54, 1.807) is 10.3 Å². The fourth-order valence-electron chi connectivity index (χ4n) is 3.53. The van der Waals surface area contributed by atoms with E-state index in [1.165, 1.54) is 36.4 Å². The van der Waals surface area contributed by atoms with Crippen LogP contribution >= 0.6 is 11.3 Å². The molecule has 2 aromatic carbocycles. The summed E-state index contributed by atoms with van der Waals surface area (Å²) in [5.74, 6) is -0.905. The van der Waals surface area contributed by atoms with Crippen molar-refractivity contribution in [3.05, 3.63) is 71.0 Å². The molecule has 1 fully saturated rings. The molecule has 1 saturated heterocycles. The molecule has 3 aromatic rings. The van der Waals surface area contributed by atoms with Gasteiger partial charge >= 0.3 is 6.18 Å². The van der Waals surface area contributed by atoms with Crippen molar-refractivity contribution in [2.45, 2.75) is 6.18 Å². The van der Waals surface area contributed by atoms with E-state index < -0.39 is 11.7 Å². The van der Waals surface area contributed by atoms with Gasteiger partial charge in [0.2, 0.25) is 5.91 Å². The lowest BCUT2D eigenvalue weighted by Gasteiger charge is -2.33. The molecule has 1 aliphatic heterocycles. The quantitative estimate of drug-likeness (QED) is 0.483. The smallest absolute Gasteiger partial charge is 0.335 e. The van der Waals surface area contributed by atoms with Crippen molar-refractivity contribution in [3.8, 4) is 0 Å². The number of aromatic nitrogens is 1. The molecule has 0 saturated carbocycles. The number of hydrogen-bond acceptors (Lipinski definition) is 6. The van der Waals surface area contributed by atoms with Crippen LogP contribution in [0.5, 0.6) is 0 Å². The minimum atomic E-state index is -4.45. The highest BCUT2D eigenvalue weighted by molar-refractivity contribution is 7.14. The molecule has 12 heteroatoms. The Morgan fingerprint density at radius 1 is 1.00 bits per heavy atom. The second-order valence-electron chi connectivity index (χ2n) is 7.86. The normalized spacial score (nSPS) is 14.6. The monoisotopic (exact) mass is 507 g/mol. The number of alkyl halides is 3. The van der Waals surface area contributed by atoms with Crippen LogP contribution in [-0.4, -0.2) is 59.3 Å². The van der Waals surface area contributed by atoms with E-state index in [1.807, 2.05) is 4.90 Å². The number of nitrogens with zero attached hydrogens (tertiary/aromatic N) is 3. The van der Waals surface area contributed by atoms with Crippen LogP contribution in [0.4, 0.5) is 34.1 Å². The van der Waals surface area contributed by atoms with E-state index in [0.29, 0.717) is 37.0 Å². The molecule has 2 amide bonds. The molecule has 0 spiro atoms. The Bertz CT molecular complexity index is 1190. The molecule has 0 unspecified atom stereocenters. The van der Waals surface area contributed by atoms with Gasteiger partial charge in [-0.1, -0.05) is 6.07 Å². The van der Waals surface area contributed by atoms with Gasteiger partial charge in [-0.05, 0) is 42.5 Å². The van der Waals surface area contributed by atoms with Crippen molar-refractivity contribution in [3.63, 3.8) is 0 Å². The lowest BCUT2D eigenvalue weighted by Crippen LogP contribution is -2.50. The molecular weight excluding hydrogens is 486 g/mol.